The zero-order chi connectivity index (χ0) is 13.1. The molecule has 1 unspecified atom stereocenters. The Labute approximate surface area is 107 Å². The first-order valence-corrected chi connectivity index (χ1v) is 8.64. The van der Waals surface area contributed by atoms with Gasteiger partial charge in [-0.2, -0.15) is 0 Å². The highest BCUT2D eigenvalue weighted by Crippen LogP contribution is 2.20. The van der Waals surface area contributed by atoms with E-state index in [9.17, 15) is 0 Å². The molecule has 0 aliphatic carbocycles. The molecule has 0 radical (unpaired) electrons. The molecule has 0 bridgehead atoms. The molecule has 0 aliphatic rings. The van der Waals surface area contributed by atoms with Crippen molar-refractivity contribution in [3.05, 3.63) is 0 Å². The summed E-state index contributed by atoms with van der Waals surface area (Å²) in [5, 5.41) is 0. The summed E-state index contributed by atoms with van der Waals surface area (Å²) in [6, 6.07) is 0.842. The van der Waals surface area contributed by atoms with Gasteiger partial charge in [0.05, 0.1) is 0 Å². The lowest BCUT2D eigenvalue weighted by Crippen LogP contribution is -2.48. The Kier molecular flexibility index (Phi) is 10.1. The van der Waals surface area contributed by atoms with Gasteiger partial charge in [0.15, 0.2) is 0 Å². The van der Waals surface area contributed by atoms with E-state index in [1.807, 2.05) is 20.8 Å². The Bertz CT molecular complexity index is 161. The van der Waals surface area contributed by atoms with E-state index < -0.39 is 8.80 Å². The van der Waals surface area contributed by atoms with Crippen LogP contribution in [0.4, 0.5) is 0 Å². The average Bonchev–Trinajstić information content (AvgIpc) is 2.27. The summed E-state index contributed by atoms with van der Waals surface area (Å²) in [4.78, 5) is 0. The first-order valence-electron chi connectivity index (χ1n) is 6.71. The molecule has 0 amide bonds. The first-order chi connectivity index (χ1) is 8.14. The van der Waals surface area contributed by atoms with Crippen molar-refractivity contribution in [2.24, 2.45) is 0 Å². The highest BCUT2D eigenvalue weighted by Gasteiger charge is 2.41. The molecule has 0 N–H and O–H groups in total. The van der Waals surface area contributed by atoms with Gasteiger partial charge in [0.2, 0.25) is 0 Å². The van der Waals surface area contributed by atoms with Gasteiger partial charge in [-0.25, -0.2) is 0 Å². The summed E-state index contributed by atoms with van der Waals surface area (Å²) in [6.45, 7) is 12.0. The van der Waals surface area contributed by atoms with E-state index in [-0.39, 0.29) is 6.29 Å². The molecule has 5 heteroatoms. The van der Waals surface area contributed by atoms with E-state index >= 15 is 0 Å². The van der Waals surface area contributed by atoms with Crippen LogP contribution in [0.2, 0.25) is 6.04 Å². The lowest BCUT2D eigenvalue weighted by Gasteiger charge is -2.31. The molecule has 0 aromatic heterocycles. The summed E-state index contributed by atoms with van der Waals surface area (Å²) in [5.74, 6) is 0. The van der Waals surface area contributed by atoms with Crippen LogP contribution in [0.3, 0.4) is 0 Å². The zero-order valence-electron chi connectivity index (χ0n) is 12.0. The smallest absolute Gasteiger partial charge is 0.374 e. The maximum absolute atomic E-state index is 5.93. The Morgan fingerprint density at radius 1 is 0.941 bits per heavy atom. The zero-order valence-corrected chi connectivity index (χ0v) is 13.0. The van der Waals surface area contributed by atoms with Gasteiger partial charge < -0.3 is 18.0 Å². The van der Waals surface area contributed by atoms with Crippen molar-refractivity contribution in [1.29, 1.82) is 0 Å². The van der Waals surface area contributed by atoms with Gasteiger partial charge >= 0.3 is 8.80 Å². The van der Waals surface area contributed by atoms with Gasteiger partial charge in [-0.15, -0.1) is 0 Å². The van der Waals surface area contributed by atoms with Crippen molar-refractivity contribution >= 4 is 8.80 Å². The third kappa shape index (κ3) is 7.16. The molecule has 4 nitrogen and oxygen atoms in total. The summed E-state index contributed by atoms with van der Waals surface area (Å²) < 4.78 is 23.0. The molecule has 0 rings (SSSR count). The molecule has 0 saturated heterocycles. The molecule has 0 aliphatic heterocycles. The van der Waals surface area contributed by atoms with Crippen molar-refractivity contribution in [1.82, 2.24) is 0 Å². The van der Waals surface area contributed by atoms with Crippen molar-refractivity contribution in [2.75, 3.05) is 19.8 Å². The molecule has 0 heterocycles. The highest BCUT2D eigenvalue weighted by atomic mass is 28.4. The summed E-state index contributed by atoms with van der Waals surface area (Å²) in [6.07, 6.45) is 1.72. The highest BCUT2D eigenvalue weighted by molar-refractivity contribution is 6.60. The SMILES string of the molecule is CCCOC(C)O[Si](CCC)(OCC)OCC. The van der Waals surface area contributed by atoms with Crippen LogP contribution in [0, 0.1) is 0 Å². The van der Waals surface area contributed by atoms with Gasteiger partial charge in [0.1, 0.15) is 6.29 Å². The van der Waals surface area contributed by atoms with E-state index in [1.54, 1.807) is 0 Å². The van der Waals surface area contributed by atoms with E-state index in [0.717, 1.165) is 18.9 Å². The molecular formula is C12H28O4Si. The number of ether oxygens (including phenoxy) is 1. The van der Waals surface area contributed by atoms with Crippen LogP contribution in [0.1, 0.15) is 47.5 Å². The number of hydrogen-bond donors (Lipinski definition) is 0. The van der Waals surface area contributed by atoms with E-state index in [1.165, 1.54) is 0 Å². The second-order valence-corrected chi connectivity index (χ2v) is 6.53. The van der Waals surface area contributed by atoms with Gasteiger partial charge in [-0.05, 0) is 27.2 Å². The average molecular weight is 264 g/mol. The topological polar surface area (TPSA) is 36.9 Å². The van der Waals surface area contributed by atoms with Crippen LogP contribution in [0.5, 0.6) is 0 Å². The van der Waals surface area contributed by atoms with Crippen molar-refractivity contribution in [2.45, 2.75) is 59.8 Å². The van der Waals surface area contributed by atoms with Gasteiger partial charge in [0, 0.05) is 25.9 Å². The standard InChI is InChI=1S/C12H28O4Si/c1-6-10-13-12(5)16-17(11-7-2,14-8-3)15-9-4/h12H,6-11H2,1-5H3. The first kappa shape index (κ1) is 17.1. The molecular weight excluding hydrogens is 236 g/mol. The maximum Gasteiger partial charge on any atom is 0.502 e. The summed E-state index contributed by atoms with van der Waals surface area (Å²) in [7, 11) is -2.53. The molecule has 0 spiro atoms. The van der Waals surface area contributed by atoms with Gasteiger partial charge in [-0.3, -0.25) is 0 Å². The molecule has 0 aromatic rings. The predicted octanol–water partition coefficient (Wildman–Crippen LogP) is 3.20. The second kappa shape index (κ2) is 10.0. The van der Waals surface area contributed by atoms with Crippen molar-refractivity contribution in [3.8, 4) is 0 Å². The van der Waals surface area contributed by atoms with Crippen LogP contribution >= 0.6 is 0 Å². The van der Waals surface area contributed by atoms with E-state index in [2.05, 4.69) is 13.8 Å². The molecule has 0 aromatic carbocycles. The quantitative estimate of drug-likeness (QED) is 0.424. The van der Waals surface area contributed by atoms with Crippen LogP contribution in [-0.4, -0.2) is 34.9 Å². The fourth-order valence-electron chi connectivity index (χ4n) is 1.63. The normalized spacial score (nSPS) is 13.9. The van der Waals surface area contributed by atoms with Crippen LogP contribution in [0.15, 0.2) is 0 Å². The Balaban J connectivity index is 4.40. The summed E-state index contributed by atoms with van der Waals surface area (Å²) in [5.41, 5.74) is 0. The maximum atomic E-state index is 5.93. The minimum Gasteiger partial charge on any atom is -0.374 e. The van der Waals surface area contributed by atoms with Crippen LogP contribution in [-0.2, 0) is 18.0 Å². The number of rotatable bonds is 11. The van der Waals surface area contributed by atoms with Gasteiger partial charge in [-0.1, -0.05) is 20.3 Å². The third-order valence-electron chi connectivity index (χ3n) is 2.19. The lowest BCUT2D eigenvalue weighted by atomic mass is 10.5. The van der Waals surface area contributed by atoms with E-state index in [4.69, 9.17) is 18.0 Å². The summed E-state index contributed by atoms with van der Waals surface area (Å²) >= 11 is 0. The predicted molar refractivity (Wildman–Crippen MR) is 70.9 cm³/mol. The minimum atomic E-state index is -2.53. The minimum absolute atomic E-state index is 0.258. The van der Waals surface area contributed by atoms with Crippen LogP contribution < -0.4 is 0 Å². The van der Waals surface area contributed by atoms with Crippen molar-refractivity contribution < 1.29 is 18.0 Å². The van der Waals surface area contributed by atoms with E-state index in [0.29, 0.717) is 19.8 Å². The Morgan fingerprint density at radius 3 is 1.94 bits per heavy atom. The second-order valence-electron chi connectivity index (χ2n) is 3.86. The fraction of sp³-hybridized carbons (Fsp3) is 1.00. The molecule has 17 heavy (non-hydrogen) atoms. The third-order valence-corrected chi connectivity index (χ3v) is 5.45. The Hall–Kier alpha value is 0.0569. The monoisotopic (exact) mass is 264 g/mol. The molecule has 0 fully saturated rings. The largest absolute Gasteiger partial charge is 0.502 e. The Morgan fingerprint density at radius 2 is 1.53 bits per heavy atom. The van der Waals surface area contributed by atoms with Crippen LogP contribution in [0.25, 0.3) is 0 Å². The lowest BCUT2D eigenvalue weighted by molar-refractivity contribution is -0.108. The number of hydrogen-bond acceptors (Lipinski definition) is 4. The van der Waals surface area contributed by atoms with Crippen molar-refractivity contribution in [3.63, 3.8) is 0 Å². The molecule has 104 valence electrons. The fourth-order valence-corrected chi connectivity index (χ4v) is 4.32. The molecule has 1 atom stereocenters. The van der Waals surface area contributed by atoms with Gasteiger partial charge in [0.25, 0.3) is 0 Å². The molecule has 0 saturated carbocycles.